The molecule has 0 radical (unpaired) electrons. The minimum atomic E-state index is -0.177. The Hall–Kier alpha value is -1.79. The van der Waals surface area contributed by atoms with Crippen molar-refractivity contribution < 1.29 is 9.13 Å². The van der Waals surface area contributed by atoms with Crippen LogP contribution in [0.1, 0.15) is 17.2 Å². The summed E-state index contributed by atoms with van der Waals surface area (Å²) in [6.07, 6.45) is 0.889. The quantitative estimate of drug-likeness (QED) is 0.864. The summed E-state index contributed by atoms with van der Waals surface area (Å²) in [5, 5.41) is 0. The number of halogens is 1. The average Bonchev–Trinajstić information content (AvgIpc) is 3.11. The third-order valence-corrected chi connectivity index (χ3v) is 5.32. The standard InChI is InChI=1S/C21H26FN3O/c22-19-8-4-5-16(11-19)12-20-15-25(9-10-26-20)14-18-13-23-24-21(18)17-6-2-1-3-7-17/h1-8,11,18,20-21,23-24H,9-10,12-15H2. The maximum Gasteiger partial charge on any atom is 0.123 e. The maximum absolute atomic E-state index is 13.4. The second-order valence-electron chi connectivity index (χ2n) is 7.26. The molecule has 0 spiro atoms. The smallest absolute Gasteiger partial charge is 0.123 e. The highest BCUT2D eigenvalue weighted by atomic mass is 19.1. The highest BCUT2D eigenvalue weighted by molar-refractivity contribution is 5.21. The van der Waals surface area contributed by atoms with Crippen molar-refractivity contribution in [2.24, 2.45) is 5.92 Å². The first-order valence-electron chi connectivity index (χ1n) is 9.39. The predicted molar refractivity (Wildman–Crippen MR) is 100 cm³/mol. The van der Waals surface area contributed by atoms with Crippen LogP contribution < -0.4 is 10.9 Å². The fourth-order valence-electron chi connectivity index (χ4n) is 4.05. The monoisotopic (exact) mass is 355 g/mol. The van der Waals surface area contributed by atoms with Crippen LogP contribution in [0.25, 0.3) is 0 Å². The van der Waals surface area contributed by atoms with E-state index in [-0.39, 0.29) is 11.9 Å². The van der Waals surface area contributed by atoms with Crippen LogP contribution in [-0.4, -0.2) is 43.8 Å². The Morgan fingerprint density at radius 1 is 1.12 bits per heavy atom. The number of rotatable bonds is 5. The van der Waals surface area contributed by atoms with E-state index in [1.54, 1.807) is 12.1 Å². The minimum Gasteiger partial charge on any atom is -0.375 e. The van der Waals surface area contributed by atoms with Crippen LogP contribution in [0.2, 0.25) is 0 Å². The molecule has 0 aliphatic carbocycles. The van der Waals surface area contributed by atoms with Crippen LogP contribution in [-0.2, 0) is 11.2 Å². The molecule has 2 fully saturated rings. The molecule has 2 N–H and O–H groups in total. The van der Waals surface area contributed by atoms with Gasteiger partial charge in [0.2, 0.25) is 0 Å². The summed E-state index contributed by atoms with van der Waals surface area (Å²) in [4.78, 5) is 2.49. The number of ether oxygens (including phenoxy) is 1. The Kier molecular flexibility index (Phi) is 5.60. The molecule has 0 saturated carbocycles. The Bertz CT molecular complexity index is 711. The lowest BCUT2D eigenvalue weighted by Gasteiger charge is -2.35. The first-order valence-corrected chi connectivity index (χ1v) is 9.39. The van der Waals surface area contributed by atoms with Crippen LogP contribution in [0.4, 0.5) is 4.39 Å². The molecule has 2 aromatic carbocycles. The number of hydrazine groups is 1. The van der Waals surface area contributed by atoms with Gasteiger partial charge in [-0.15, -0.1) is 0 Å². The van der Waals surface area contributed by atoms with E-state index in [1.165, 1.54) is 11.6 Å². The molecule has 3 atom stereocenters. The van der Waals surface area contributed by atoms with Gasteiger partial charge in [0, 0.05) is 32.1 Å². The van der Waals surface area contributed by atoms with Gasteiger partial charge in [-0.2, -0.15) is 0 Å². The summed E-state index contributed by atoms with van der Waals surface area (Å²) in [7, 11) is 0. The van der Waals surface area contributed by atoms with Crippen LogP contribution in [0.15, 0.2) is 54.6 Å². The average molecular weight is 355 g/mol. The van der Waals surface area contributed by atoms with Gasteiger partial charge in [0.15, 0.2) is 0 Å². The summed E-state index contributed by atoms with van der Waals surface area (Å²) in [6, 6.07) is 17.8. The fourth-order valence-corrected chi connectivity index (χ4v) is 4.05. The van der Waals surface area contributed by atoms with Gasteiger partial charge < -0.3 is 4.74 Å². The van der Waals surface area contributed by atoms with E-state index in [2.05, 4.69) is 46.1 Å². The molecule has 4 nitrogen and oxygen atoms in total. The molecule has 26 heavy (non-hydrogen) atoms. The zero-order valence-electron chi connectivity index (χ0n) is 14.9. The summed E-state index contributed by atoms with van der Waals surface area (Å²) >= 11 is 0. The summed E-state index contributed by atoms with van der Waals surface area (Å²) in [5.74, 6) is 0.342. The molecule has 0 bridgehead atoms. The maximum atomic E-state index is 13.4. The van der Waals surface area contributed by atoms with Crippen molar-refractivity contribution in [3.05, 3.63) is 71.5 Å². The van der Waals surface area contributed by atoms with Crippen LogP contribution >= 0.6 is 0 Å². The molecule has 5 heteroatoms. The topological polar surface area (TPSA) is 36.5 Å². The first-order chi connectivity index (χ1) is 12.8. The van der Waals surface area contributed by atoms with Crippen molar-refractivity contribution in [1.29, 1.82) is 0 Å². The third-order valence-electron chi connectivity index (χ3n) is 5.32. The van der Waals surface area contributed by atoms with E-state index in [9.17, 15) is 4.39 Å². The van der Waals surface area contributed by atoms with E-state index in [1.807, 2.05) is 6.07 Å². The highest BCUT2D eigenvalue weighted by Crippen LogP contribution is 2.26. The molecule has 2 saturated heterocycles. The molecule has 2 aliphatic rings. The van der Waals surface area contributed by atoms with Crippen LogP contribution in [0, 0.1) is 11.7 Å². The lowest BCUT2D eigenvalue weighted by Crippen LogP contribution is -2.46. The van der Waals surface area contributed by atoms with Crippen molar-refractivity contribution >= 4 is 0 Å². The van der Waals surface area contributed by atoms with E-state index in [0.717, 1.165) is 44.8 Å². The van der Waals surface area contributed by atoms with Crippen LogP contribution in [0.5, 0.6) is 0 Å². The number of morpholine rings is 1. The van der Waals surface area contributed by atoms with Crippen molar-refractivity contribution in [2.75, 3.05) is 32.8 Å². The molecule has 138 valence electrons. The van der Waals surface area contributed by atoms with Gasteiger partial charge in [0.05, 0.1) is 18.8 Å². The number of hydrogen-bond donors (Lipinski definition) is 2. The Labute approximate surface area is 154 Å². The second-order valence-corrected chi connectivity index (χ2v) is 7.26. The van der Waals surface area contributed by atoms with Gasteiger partial charge in [0.1, 0.15) is 5.82 Å². The summed E-state index contributed by atoms with van der Waals surface area (Å²) in [6.45, 7) is 4.59. The first kappa shape index (κ1) is 17.6. The summed E-state index contributed by atoms with van der Waals surface area (Å²) < 4.78 is 19.3. The number of benzene rings is 2. The summed E-state index contributed by atoms with van der Waals surface area (Å²) in [5.41, 5.74) is 9.07. The van der Waals surface area contributed by atoms with E-state index >= 15 is 0 Å². The third kappa shape index (κ3) is 4.30. The fraction of sp³-hybridized carbons (Fsp3) is 0.429. The van der Waals surface area contributed by atoms with Crippen molar-refractivity contribution in [1.82, 2.24) is 15.8 Å². The van der Waals surface area contributed by atoms with Crippen LogP contribution in [0.3, 0.4) is 0 Å². The van der Waals surface area contributed by atoms with Gasteiger partial charge in [-0.3, -0.25) is 10.3 Å². The predicted octanol–water partition coefficient (Wildman–Crippen LogP) is 2.53. The van der Waals surface area contributed by atoms with Crippen molar-refractivity contribution in [3.8, 4) is 0 Å². The number of nitrogens with zero attached hydrogens (tertiary/aromatic N) is 1. The molecule has 0 amide bonds. The Morgan fingerprint density at radius 2 is 2.00 bits per heavy atom. The largest absolute Gasteiger partial charge is 0.375 e. The van der Waals surface area contributed by atoms with Crippen molar-refractivity contribution in [3.63, 3.8) is 0 Å². The molecule has 2 aliphatic heterocycles. The van der Waals surface area contributed by atoms with Gasteiger partial charge in [-0.05, 0) is 29.7 Å². The normalized spacial score (nSPS) is 26.9. The zero-order valence-corrected chi connectivity index (χ0v) is 14.9. The van der Waals surface area contributed by atoms with Gasteiger partial charge >= 0.3 is 0 Å². The Balaban J connectivity index is 1.36. The molecule has 2 heterocycles. The lowest BCUT2D eigenvalue weighted by atomic mass is 9.94. The molecule has 4 rings (SSSR count). The second kappa shape index (κ2) is 8.27. The molecule has 3 unspecified atom stereocenters. The van der Waals surface area contributed by atoms with Gasteiger partial charge in [0.25, 0.3) is 0 Å². The van der Waals surface area contributed by atoms with E-state index in [0.29, 0.717) is 12.0 Å². The van der Waals surface area contributed by atoms with E-state index in [4.69, 9.17) is 4.74 Å². The molecular formula is C21H26FN3O. The van der Waals surface area contributed by atoms with E-state index < -0.39 is 0 Å². The minimum absolute atomic E-state index is 0.128. The highest BCUT2D eigenvalue weighted by Gasteiger charge is 2.31. The SMILES string of the molecule is Fc1cccc(CC2CN(CC3CNNC3c3ccccc3)CCO2)c1. The Morgan fingerprint density at radius 3 is 2.85 bits per heavy atom. The molecule has 2 aromatic rings. The van der Waals surface area contributed by atoms with Gasteiger partial charge in [-0.25, -0.2) is 9.82 Å². The number of hydrogen-bond acceptors (Lipinski definition) is 4. The van der Waals surface area contributed by atoms with Gasteiger partial charge in [-0.1, -0.05) is 42.5 Å². The molecule has 0 aromatic heterocycles. The zero-order chi connectivity index (χ0) is 17.8. The van der Waals surface area contributed by atoms with Crippen molar-refractivity contribution in [2.45, 2.75) is 18.6 Å². The number of nitrogens with one attached hydrogen (secondary N) is 2. The lowest BCUT2D eigenvalue weighted by molar-refractivity contribution is -0.0321. The molecular weight excluding hydrogens is 329 g/mol.